The van der Waals surface area contributed by atoms with Crippen LogP contribution in [0.4, 0.5) is 0 Å². The maximum absolute atomic E-state index is 9.29. The van der Waals surface area contributed by atoms with E-state index in [0.29, 0.717) is 6.04 Å². The Balaban J connectivity index is 2.06. The van der Waals surface area contributed by atoms with E-state index < -0.39 is 0 Å². The second kappa shape index (κ2) is 7.01. The number of aliphatic hydroxyl groups is 1. The van der Waals surface area contributed by atoms with Crippen molar-refractivity contribution in [2.75, 3.05) is 13.2 Å². The van der Waals surface area contributed by atoms with Crippen molar-refractivity contribution in [1.82, 2.24) is 19.7 Å². The molecule has 1 heterocycles. The first kappa shape index (κ1) is 14.5. The van der Waals surface area contributed by atoms with Crippen molar-refractivity contribution in [1.29, 1.82) is 0 Å². The summed E-state index contributed by atoms with van der Waals surface area (Å²) in [5, 5.41) is 17.8. The van der Waals surface area contributed by atoms with Gasteiger partial charge in [0, 0.05) is 19.1 Å². The second-order valence-electron chi connectivity index (χ2n) is 5.39. The smallest absolute Gasteiger partial charge is 0.147 e. The molecule has 0 amide bonds. The Morgan fingerprint density at radius 3 is 2.63 bits per heavy atom. The summed E-state index contributed by atoms with van der Waals surface area (Å²) in [7, 11) is 0. The summed E-state index contributed by atoms with van der Waals surface area (Å²) in [6.07, 6.45) is 6.48. The SMILES string of the molecule is CCn1c(C)nnc1CN(CCO)C1CCCCC1. The standard InChI is InChI=1S/C14H26N4O/c1-3-18-12(2)15-16-14(18)11-17(9-10-19)13-7-5-4-6-8-13/h13,19H,3-11H2,1-2H3. The van der Waals surface area contributed by atoms with E-state index in [2.05, 4.69) is 26.6 Å². The normalized spacial score (nSPS) is 17.3. The minimum Gasteiger partial charge on any atom is -0.395 e. The van der Waals surface area contributed by atoms with Crippen molar-refractivity contribution < 1.29 is 5.11 Å². The molecule has 5 heteroatoms. The molecule has 0 spiro atoms. The van der Waals surface area contributed by atoms with Gasteiger partial charge in [-0.25, -0.2) is 0 Å². The van der Waals surface area contributed by atoms with E-state index in [1.54, 1.807) is 0 Å². The highest BCUT2D eigenvalue weighted by Crippen LogP contribution is 2.23. The van der Waals surface area contributed by atoms with Crippen LogP contribution in [0, 0.1) is 6.92 Å². The third kappa shape index (κ3) is 3.54. The summed E-state index contributed by atoms with van der Waals surface area (Å²) < 4.78 is 2.16. The number of nitrogens with zero attached hydrogens (tertiary/aromatic N) is 4. The molecule has 2 rings (SSSR count). The summed E-state index contributed by atoms with van der Waals surface area (Å²) in [6, 6.07) is 0.600. The molecule has 0 aromatic carbocycles. The number of hydrogen-bond acceptors (Lipinski definition) is 4. The van der Waals surface area contributed by atoms with Crippen LogP contribution in [0.5, 0.6) is 0 Å². The lowest BCUT2D eigenvalue weighted by molar-refractivity contribution is 0.113. The van der Waals surface area contributed by atoms with Gasteiger partial charge >= 0.3 is 0 Å². The lowest BCUT2D eigenvalue weighted by Gasteiger charge is -2.33. The molecule has 0 atom stereocenters. The third-order valence-electron chi connectivity index (χ3n) is 4.15. The van der Waals surface area contributed by atoms with Gasteiger partial charge in [0.1, 0.15) is 11.6 Å². The van der Waals surface area contributed by atoms with Crippen LogP contribution in [0.15, 0.2) is 0 Å². The van der Waals surface area contributed by atoms with Crippen LogP contribution in [-0.4, -0.2) is 44.0 Å². The van der Waals surface area contributed by atoms with Crippen LogP contribution in [0.25, 0.3) is 0 Å². The second-order valence-corrected chi connectivity index (χ2v) is 5.39. The van der Waals surface area contributed by atoms with Gasteiger partial charge < -0.3 is 9.67 Å². The Kier molecular flexibility index (Phi) is 5.34. The molecule has 1 fully saturated rings. The molecule has 1 N–H and O–H groups in total. The van der Waals surface area contributed by atoms with Crippen molar-refractivity contribution in [2.45, 2.75) is 65.1 Å². The molecule has 1 aromatic rings. The third-order valence-corrected chi connectivity index (χ3v) is 4.15. The van der Waals surface area contributed by atoms with Gasteiger partial charge in [-0.2, -0.15) is 0 Å². The predicted octanol–water partition coefficient (Wildman–Crippen LogP) is 1.73. The maximum Gasteiger partial charge on any atom is 0.147 e. The van der Waals surface area contributed by atoms with E-state index in [0.717, 1.165) is 31.3 Å². The highest BCUT2D eigenvalue weighted by Gasteiger charge is 2.22. The summed E-state index contributed by atoms with van der Waals surface area (Å²) >= 11 is 0. The number of aliphatic hydroxyl groups excluding tert-OH is 1. The van der Waals surface area contributed by atoms with Crippen molar-refractivity contribution in [3.8, 4) is 0 Å². The fraction of sp³-hybridized carbons (Fsp3) is 0.857. The summed E-state index contributed by atoms with van der Waals surface area (Å²) in [5.41, 5.74) is 0. The maximum atomic E-state index is 9.29. The molecular formula is C14H26N4O. The van der Waals surface area contributed by atoms with Gasteiger partial charge in [0.05, 0.1) is 13.2 Å². The number of aryl methyl sites for hydroxylation is 1. The summed E-state index contributed by atoms with van der Waals surface area (Å²) in [6.45, 7) is 6.79. The molecule has 0 bridgehead atoms. The van der Waals surface area contributed by atoms with Crippen molar-refractivity contribution in [3.05, 3.63) is 11.6 Å². The lowest BCUT2D eigenvalue weighted by atomic mass is 9.94. The quantitative estimate of drug-likeness (QED) is 0.852. The van der Waals surface area contributed by atoms with Gasteiger partial charge in [-0.15, -0.1) is 10.2 Å². The fourth-order valence-corrected chi connectivity index (χ4v) is 3.10. The molecule has 1 aromatic heterocycles. The van der Waals surface area contributed by atoms with E-state index in [9.17, 15) is 5.11 Å². The Morgan fingerprint density at radius 2 is 2.00 bits per heavy atom. The van der Waals surface area contributed by atoms with E-state index in [4.69, 9.17) is 0 Å². The summed E-state index contributed by atoms with van der Waals surface area (Å²) in [5.74, 6) is 2.00. The molecule has 108 valence electrons. The minimum atomic E-state index is 0.218. The van der Waals surface area contributed by atoms with Gasteiger partial charge in [-0.05, 0) is 26.7 Å². The lowest BCUT2D eigenvalue weighted by Crippen LogP contribution is -2.39. The minimum absolute atomic E-state index is 0.218. The monoisotopic (exact) mass is 266 g/mol. The van der Waals surface area contributed by atoms with Crippen LogP contribution in [0.3, 0.4) is 0 Å². The average molecular weight is 266 g/mol. The zero-order valence-electron chi connectivity index (χ0n) is 12.2. The molecule has 1 aliphatic rings. The first-order chi connectivity index (χ1) is 9.26. The molecule has 19 heavy (non-hydrogen) atoms. The molecule has 1 aliphatic carbocycles. The van der Waals surface area contributed by atoms with Crippen LogP contribution in [-0.2, 0) is 13.1 Å². The number of aromatic nitrogens is 3. The predicted molar refractivity (Wildman–Crippen MR) is 74.8 cm³/mol. The molecule has 0 radical (unpaired) electrons. The molecule has 0 aliphatic heterocycles. The summed E-state index contributed by atoms with van der Waals surface area (Å²) in [4.78, 5) is 2.38. The topological polar surface area (TPSA) is 54.2 Å². The van der Waals surface area contributed by atoms with Gasteiger partial charge in [0.2, 0.25) is 0 Å². The zero-order chi connectivity index (χ0) is 13.7. The van der Waals surface area contributed by atoms with Crippen LogP contribution in [0.1, 0.15) is 50.7 Å². The Labute approximate surface area is 115 Å². The van der Waals surface area contributed by atoms with Gasteiger partial charge in [0.15, 0.2) is 0 Å². The van der Waals surface area contributed by atoms with E-state index in [1.807, 2.05) is 6.92 Å². The molecule has 0 unspecified atom stereocenters. The number of hydrogen-bond donors (Lipinski definition) is 1. The Hall–Kier alpha value is -0.940. The highest BCUT2D eigenvalue weighted by atomic mass is 16.3. The largest absolute Gasteiger partial charge is 0.395 e. The molecular weight excluding hydrogens is 240 g/mol. The highest BCUT2D eigenvalue weighted by molar-refractivity contribution is 4.94. The van der Waals surface area contributed by atoms with Crippen LogP contribution in [0.2, 0.25) is 0 Å². The van der Waals surface area contributed by atoms with E-state index in [-0.39, 0.29) is 6.61 Å². The van der Waals surface area contributed by atoms with Crippen molar-refractivity contribution >= 4 is 0 Å². The zero-order valence-corrected chi connectivity index (χ0v) is 12.2. The van der Waals surface area contributed by atoms with Gasteiger partial charge in [0.25, 0.3) is 0 Å². The Morgan fingerprint density at radius 1 is 1.26 bits per heavy atom. The average Bonchev–Trinajstić information content (AvgIpc) is 2.79. The molecule has 5 nitrogen and oxygen atoms in total. The molecule has 0 saturated heterocycles. The Bertz CT molecular complexity index is 385. The first-order valence-electron chi connectivity index (χ1n) is 7.49. The fourth-order valence-electron chi connectivity index (χ4n) is 3.10. The van der Waals surface area contributed by atoms with E-state index in [1.165, 1.54) is 32.1 Å². The van der Waals surface area contributed by atoms with Crippen molar-refractivity contribution in [3.63, 3.8) is 0 Å². The van der Waals surface area contributed by atoms with Crippen LogP contribution < -0.4 is 0 Å². The van der Waals surface area contributed by atoms with Crippen LogP contribution >= 0.6 is 0 Å². The van der Waals surface area contributed by atoms with E-state index >= 15 is 0 Å². The number of rotatable bonds is 6. The van der Waals surface area contributed by atoms with Gasteiger partial charge in [-0.1, -0.05) is 19.3 Å². The molecule has 1 saturated carbocycles. The van der Waals surface area contributed by atoms with Gasteiger partial charge in [-0.3, -0.25) is 4.90 Å². The van der Waals surface area contributed by atoms with Crippen molar-refractivity contribution in [2.24, 2.45) is 0 Å². The first-order valence-corrected chi connectivity index (χ1v) is 7.49.